The molecule has 0 amide bonds. The monoisotopic (exact) mass is 176 g/mol. The number of thiocarbonyl (C=S) groups is 1. The van der Waals surface area contributed by atoms with E-state index in [1.165, 1.54) is 0 Å². The Morgan fingerprint density at radius 1 is 1.33 bits per heavy atom. The molecule has 0 aliphatic rings. The normalized spacial score (nSPS) is 10.0. The lowest BCUT2D eigenvalue weighted by atomic mass is 10.3. The van der Waals surface area contributed by atoms with Gasteiger partial charge in [0.15, 0.2) is 5.88 Å². The third kappa shape index (κ3) is 1.19. The van der Waals surface area contributed by atoms with Gasteiger partial charge in [0.05, 0.1) is 0 Å². The summed E-state index contributed by atoms with van der Waals surface area (Å²) in [5, 5.41) is 3.76. The number of anilines is 1. The fraction of sp³-hybridized carbons (Fsp3) is 0. The highest BCUT2D eigenvalue weighted by atomic mass is 32.1. The van der Waals surface area contributed by atoms with Crippen LogP contribution < -0.4 is 5.32 Å². The summed E-state index contributed by atoms with van der Waals surface area (Å²) in [5.74, 6) is 0.631. The molecule has 0 bridgehead atoms. The van der Waals surface area contributed by atoms with Gasteiger partial charge in [0, 0.05) is 11.5 Å². The molecule has 2 rings (SSSR count). The zero-order valence-electron chi connectivity index (χ0n) is 6.20. The van der Waals surface area contributed by atoms with Crippen molar-refractivity contribution in [2.24, 2.45) is 0 Å². The van der Waals surface area contributed by atoms with E-state index in [0.717, 1.165) is 11.0 Å². The smallest absolute Gasteiger partial charge is 0.199 e. The lowest BCUT2D eigenvalue weighted by molar-refractivity contribution is 0.636. The van der Waals surface area contributed by atoms with Crippen molar-refractivity contribution < 1.29 is 4.42 Å². The molecule has 0 unspecified atom stereocenters. The topological polar surface area (TPSA) is 25.2 Å². The highest BCUT2D eigenvalue weighted by Crippen LogP contribution is 2.21. The molecule has 1 radical (unpaired) electrons. The van der Waals surface area contributed by atoms with Crippen LogP contribution in [0.3, 0.4) is 0 Å². The van der Waals surface area contributed by atoms with E-state index in [-0.39, 0.29) is 0 Å². The van der Waals surface area contributed by atoms with Gasteiger partial charge in [0.1, 0.15) is 11.1 Å². The van der Waals surface area contributed by atoms with Crippen LogP contribution in [0.1, 0.15) is 0 Å². The van der Waals surface area contributed by atoms with Crippen LogP contribution in [0.5, 0.6) is 0 Å². The van der Waals surface area contributed by atoms with E-state index in [1.54, 1.807) is 0 Å². The molecule has 2 aromatic rings. The maximum Gasteiger partial charge on any atom is 0.199 e. The van der Waals surface area contributed by atoms with Crippen LogP contribution in [0.25, 0.3) is 11.0 Å². The number of benzene rings is 1. The maximum atomic E-state index is 5.37. The Morgan fingerprint density at radius 3 is 2.92 bits per heavy atom. The van der Waals surface area contributed by atoms with Crippen molar-refractivity contribution in [3.63, 3.8) is 0 Å². The first-order valence-electron chi connectivity index (χ1n) is 3.52. The Balaban J connectivity index is 2.54. The first-order valence-corrected chi connectivity index (χ1v) is 3.93. The van der Waals surface area contributed by atoms with E-state index in [4.69, 9.17) is 4.42 Å². The molecule has 3 heteroatoms. The first-order chi connectivity index (χ1) is 5.90. The quantitative estimate of drug-likeness (QED) is 0.562. The largest absolute Gasteiger partial charge is 0.440 e. The van der Waals surface area contributed by atoms with Gasteiger partial charge < -0.3 is 9.73 Å². The lowest BCUT2D eigenvalue weighted by Crippen LogP contribution is -1.87. The second kappa shape index (κ2) is 2.95. The van der Waals surface area contributed by atoms with Gasteiger partial charge in [-0.25, -0.2) is 0 Å². The maximum absolute atomic E-state index is 5.37. The van der Waals surface area contributed by atoms with E-state index < -0.39 is 0 Å². The summed E-state index contributed by atoms with van der Waals surface area (Å²) >= 11 is 4.52. The Hall–Kier alpha value is -1.35. The molecule has 2 nitrogen and oxygen atoms in total. The Labute approximate surface area is 75.2 Å². The van der Waals surface area contributed by atoms with Crippen LogP contribution in [0.4, 0.5) is 5.88 Å². The van der Waals surface area contributed by atoms with Gasteiger partial charge in [-0.2, -0.15) is 0 Å². The van der Waals surface area contributed by atoms with Gasteiger partial charge in [-0.15, -0.1) is 0 Å². The van der Waals surface area contributed by atoms with Crippen LogP contribution >= 0.6 is 12.2 Å². The first kappa shape index (κ1) is 7.31. The van der Waals surface area contributed by atoms with Crippen molar-refractivity contribution in [1.82, 2.24) is 0 Å². The van der Waals surface area contributed by atoms with Crippen molar-refractivity contribution in [3.05, 3.63) is 30.3 Å². The molecule has 0 fully saturated rings. The van der Waals surface area contributed by atoms with Crippen molar-refractivity contribution in [3.8, 4) is 0 Å². The predicted octanol–water partition coefficient (Wildman–Crippen LogP) is 2.68. The minimum atomic E-state index is 0.631. The SMILES string of the molecule is S=[C]Nc1cc2ccccc2o1. The zero-order chi connectivity index (χ0) is 8.39. The number of para-hydroxylation sites is 1. The van der Waals surface area contributed by atoms with Crippen molar-refractivity contribution in [2.45, 2.75) is 0 Å². The highest BCUT2D eigenvalue weighted by molar-refractivity contribution is 7.79. The number of fused-ring (bicyclic) bond motifs is 1. The molecular formula is C9H6NOS. The average Bonchev–Trinajstić information content (AvgIpc) is 2.47. The summed E-state index contributed by atoms with van der Waals surface area (Å²) in [5.41, 5.74) is 3.24. The Kier molecular flexibility index (Phi) is 1.80. The van der Waals surface area contributed by atoms with Crippen molar-refractivity contribution in [1.29, 1.82) is 0 Å². The molecule has 0 saturated heterocycles. The molecule has 0 aliphatic heterocycles. The molecule has 0 spiro atoms. The number of rotatable bonds is 2. The highest BCUT2D eigenvalue weighted by Gasteiger charge is 1.99. The second-order valence-electron chi connectivity index (χ2n) is 2.38. The van der Waals surface area contributed by atoms with E-state index in [2.05, 4.69) is 23.0 Å². The van der Waals surface area contributed by atoms with E-state index in [9.17, 15) is 0 Å². The average molecular weight is 176 g/mol. The second-order valence-corrected chi connectivity index (χ2v) is 2.58. The number of furan rings is 1. The summed E-state index contributed by atoms with van der Waals surface area (Å²) in [6.45, 7) is 0. The molecule has 1 aromatic carbocycles. The summed E-state index contributed by atoms with van der Waals surface area (Å²) in [7, 11) is 0. The minimum absolute atomic E-state index is 0.631. The summed E-state index contributed by atoms with van der Waals surface area (Å²) in [6, 6.07) is 9.66. The van der Waals surface area contributed by atoms with Crippen LogP contribution in [-0.2, 0) is 0 Å². The van der Waals surface area contributed by atoms with E-state index in [1.807, 2.05) is 30.3 Å². The zero-order valence-corrected chi connectivity index (χ0v) is 7.02. The van der Waals surface area contributed by atoms with Gasteiger partial charge >= 0.3 is 0 Å². The number of hydrogen-bond donors (Lipinski definition) is 1. The molecule has 0 aliphatic carbocycles. The van der Waals surface area contributed by atoms with Crippen LogP contribution in [0.2, 0.25) is 0 Å². The van der Waals surface area contributed by atoms with Gasteiger partial charge in [0.25, 0.3) is 0 Å². The Bertz CT molecular complexity index is 375. The fourth-order valence-corrected chi connectivity index (χ4v) is 1.19. The lowest BCUT2D eigenvalue weighted by Gasteiger charge is -1.87. The molecule has 12 heavy (non-hydrogen) atoms. The van der Waals surface area contributed by atoms with Crippen LogP contribution in [0, 0.1) is 0 Å². The summed E-state index contributed by atoms with van der Waals surface area (Å²) < 4.78 is 5.37. The summed E-state index contributed by atoms with van der Waals surface area (Å²) in [6.07, 6.45) is 0. The minimum Gasteiger partial charge on any atom is -0.440 e. The van der Waals surface area contributed by atoms with Gasteiger partial charge in [-0.05, 0) is 6.07 Å². The van der Waals surface area contributed by atoms with Crippen LogP contribution in [0.15, 0.2) is 34.7 Å². The molecule has 1 aromatic heterocycles. The van der Waals surface area contributed by atoms with Crippen molar-refractivity contribution >= 4 is 34.6 Å². The standard InChI is InChI=1S/C9H6NOS/c12-6-10-9-5-7-3-1-2-4-8(7)11-9/h1-5H,(H,10,12). The molecule has 1 N–H and O–H groups in total. The van der Waals surface area contributed by atoms with Gasteiger partial charge in [0.2, 0.25) is 0 Å². The van der Waals surface area contributed by atoms with E-state index >= 15 is 0 Å². The van der Waals surface area contributed by atoms with Gasteiger partial charge in [-0.3, -0.25) is 0 Å². The van der Waals surface area contributed by atoms with Crippen molar-refractivity contribution in [2.75, 3.05) is 5.32 Å². The molecule has 59 valence electrons. The number of nitrogens with one attached hydrogen (secondary N) is 1. The fourth-order valence-electron chi connectivity index (χ4n) is 1.09. The third-order valence-electron chi connectivity index (χ3n) is 1.60. The summed E-state index contributed by atoms with van der Waals surface area (Å²) in [4.78, 5) is 0. The van der Waals surface area contributed by atoms with Gasteiger partial charge in [-0.1, -0.05) is 30.4 Å². The number of hydrogen-bond acceptors (Lipinski definition) is 2. The van der Waals surface area contributed by atoms with Crippen LogP contribution in [-0.4, -0.2) is 5.49 Å². The molecule has 1 heterocycles. The third-order valence-corrected chi connectivity index (χ3v) is 1.70. The molecule has 0 saturated carbocycles. The molecular weight excluding hydrogens is 170 g/mol. The predicted molar refractivity (Wildman–Crippen MR) is 52.4 cm³/mol. The van der Waals surface area contributed by atoms with E-state index in [0.29, 0.717) is 5.88 Å². The molecule has 0 atom stereocenters. The Morgan fingerprint density at radius 2 is 2.17 bits per heavy atom.